The highest BCUT2D eigenvalue weighted by molar-refractivity contribution is 7.12. The van der Waals surface area contributed by atoms with Crippen molar-refractivity contribution in [2.75, 3.05) is 32.0 Å². The molecule has 0 aliphatic heterocycles. The van der Waals surface area contributed by atoms with Crippen molar-refractivity contribution in [3.8, 4) is 0 Å². The molecule has 0 aliphatic carbocycles. The molecule has 326 valence electrons. The van der Waals surface area contributed by atoms with Crippen molar-refractivity contribution in [3.63, 3.8) is 0 Å². The molecule has 0 bridgehead atoms. The fourth-order valence-electron chi connectivity index (χ4n) is 6.34. The van der Waals surface area contributed by atoms with Crippen molar-refractivity contribution in [3.05, 3.63) is 87.4 Å². The molecule has 3 aromatic heterocycles. The SMILES string of the molecule is CCOCc1nc2c(N)nc3cc(Cc4ccc(CNC(=O)CNC(=O)[C@H](Cc5ccccc5)NC(=O)CNC(=O)CNC(=O)OC(C)(C)C)s4)ccc3c2n1CC(C)(C)O. The van der Waals surface area contributed by atoms with E-state index in [1.54, 1.807) is 70.2 Å². The van der Waals surface area contributed by atoms with Gasteiger partial charge in [-0.2, -0.15) is 0 Å². The van der Waals surface area contributed by atoms with E-state index in [4.69, 9.17) is 20.2 Å². The number of imidazole rings is 1. The molecule has 5 amide bonds. The number of pyridine rings is 1. The van der Waals surface area contributed by atoms with Crippen LogP contribution in [-0.2, 0) is 61.2 Å². The van der Waals surface area contributed by atoms with Gasteiger partial charge in [0.15, 0.2) is 5.82 Å². The standard InChI is InChI=1S/C43H55N9O8S/c1-7-59-24-33-51-37-38(52(33)25-43(5,6)58)30-16-13-27(19-31(30)50-39(37)44)17-28-14-15-29(61-28)20-45-34(53)21-47-40(56)32(18-26-11-9-8-10-12-26)49-36(55)23-46-35(54)22-48-41(57)60-42(2,3)4/h8-16,19,32,58H,7,17-18,20-25H2,1-6H3,(H2,44,50)(H,45,53)(H,46,54)(H,47,56)(H,48,57)(H,49,55)/t32-/m0/s1. The molecule has 0 unspecified atom stereocenters. The summed E-state index contributed by atoms with van der Waals surface area (Å²) < 4.78 is 12.7. The first-order valence-electron chi connectivity index (χ1n) is 19.9. The van der Waals surface area contributed by atoms with Crippen LogP contribution in [0.5, 0.6) is 0 Å². The van der Waals surface area contributed by atoms with Crippen LogP contribution in [0.4, 0.5) is 10.6 Å². The number of hydrogen-bond donors (Lipinski definition) is 7. The van der Waals surface area contributed by atoms with Crippen molar-refractivity contribution in [1.82, 2.24) is 41.1 Å². The van der Waals surface area contributed by atoms with Crippen LogP contribution in [0.1, 0.15) is 68.2 Å². The second-order valence-electron chi connectivity index (χ2n) is 16.1. The van der Waals surface area contributed by atoms with Crippen molar-refractivity contribution < 1.29 is 38.6 Å². The fourth-order valence-corrected chi connectivity index (χ4v) is 7.33. The largest absolute Gasteiger partial charge is 0.444 e. The number of nitrogens with zero attached hydrogens (tertiary/aromatic N) is 3. The Labute approximate surface area is 358 Å². The average molecular weight is 858 g/mol. The Bertz CT molecular complexity index is 2350. The highest BCUT2D eigenvalue weighted by Crippen LogP contribution is 2.32. The van der Waals surface area contributed by atoms with Gasteiger partial charge < -0.3 is 51.5 Å². The number of alkyl carbamates (subject to hydrolysis) is 1. The van der Waals surface area contributed by atoms with Gasteiger partial charge in [0.1, 0.15) is 36.1 Å². The number of amides is 5. The maximum absolute atomic E-state index is 13.3. The molecule has 0 saturated carbocycles. The minimum Gasteiger partial charge on any atom is -0.444 e. The number of carbonyl (C=O) groups is 5. The van der Waals surface area contributed by atoms with Gasteiger partial charge in [0.25, 0.3) is 0 Å². The van der Waals surface area contributed by atoms with Crippen LogP contribution < -0.4 is 32.3 Å². The number of thiophene rings is 1. The van der Waals surface area contributed by atoms with E-state index >= 15 is 0 Å². The molecule has 5 rings (SSSR count). The average Bonchev–Trinajstić information content (AvgIpc) is 3.79. The second-order valence-corrected chi connectivity index (χ2v) is 17.3. The highest BCUT2D eigenvalue weighted by atomic mass is 32.1. The number of hydrogen-bond acceptors (Lipinski definition) is 12. The number of ether oxygens (including phenoxy) is 2. The van der Waals surface area contributed by atoms with Gasteiger partial charge in [-0.25, -0.2) is 14.8 Å². The number of nitrogens with two attached hydrogens (primary N) is 1. The van der Waals surface area contributed by atoms with E-state index in [0.717, 1.165) is 31.8 Å². The van der Waals surface area contributed by atoms with E-state index in [2.05, 4.69) is 31.6 Å². The normalized spacial score (nSPS) is 12.2. The Morgan fingerprint density at radius 1 is 0.836 bits per heavy atom. The van der Waals surface area contributed by atoms with E-state index in [9.17, 15) is 29.1 Å². The van der Waals surface area contributed by atoms with Gasteiger partial charge in [0.2, 0.25) is 23.6 Å². The van der Waals surface area contributed by atoms with Gasteiger partial charge in [-0.15, -0.1) is 11.3 Å². The predicted octanol–water partition coefficient (Wildman–Crippen LogP) is 3.23. The topological polar surface area (TPSA) is 241 Å². The highest BCUT2D eigenvalue weighted by Gasteiger charge is 2.24. The minimum absolute atomic E-state index is 0.138. The number of aliphatic hydroxyl groups is 1. The lowest BCUT2D eigenvalue weighted by atomic mass is 10.1. The van der Waals surface area contributed by atoms with Crippen molar-refractivity contribution >= 4 is 68.8 Å². The summed E-state index contributed by atoms with van der Waals surface area (Å²) in [4.78, 5) is 74.3. The third kappa shape index (κ3) is 14.0. The summed E-state index contributed by atoms with van der Waals surface area (Å²) in [5, 5.41) is 24.4. The van der Waals surface area contributed by atoms with Gasteiger partial charge in [-0.05, 0) is 70.9 Å². The fraction of sp³-hybridized carbons (Fsp3) is 0.419. The lowest BCUT2D eigenvalue weighted by Crippen LogP contribution is -2.52. The monoisotopic (exact) mass is 857 g/mol. The number of aromatic nitrogens is 3. The zero-order chi connectivity index (χ0) is 44.3. The summed E-state index contributed by atoms with van der Waals surface area (Å²) in [5.41, 5.74) is 8.52. The van der Waals surface area contributed by atoms with Crippen LogP contribution in [0.2, 0.25) is 0 Å². The molecule has 0 spiro atoms. The lowest BCUT2D eigenvalue weighted by Gasteiger charge is -2.20. The smallest absolute Gasteiger partial charge is 0.408 e. The zero-order valence-corrected chi connectivity index (χ0v) is 36.2. The molecule has 0 saturated heterocycles. The van der Waals surface area contributed by atoms with Crippen LogP contribution in [0.3, 0.4) is 0 Å². The number of carbonyl (C=O) groups excluding carboxylic acids is 5. The van der Waals surface area contributed by atoms with E-state index in [1.807, 2.05) is 47.9 Å². The molecule has 0 aliphatic rings. The Hall–Kier alpha value is -6.11. The molecule has 2 aromatic carbocycles. The van der Waals surface area contributed by atoms with E-state index in [1.165, 1.54) is 0 Å². The van der Waals surface area contributed by atoms with E-state index in [-0.39, 0.29) is 26.1 Å². The summed E-state index contributed by atoms with van der Waals surface area (Å²) in [7, 11) is 0. The Morgan fingerprint density at radius 2 is 1.52 bits per heavy atom. The minimum atomic E-state index is -1.04. The Kier molecular flexibility index (Phi) is 15.4. The first kappa shape index (κ1) is 46.0. The van der Waals surface area contributed by atoms with Crippen molar-refractivity contribution in [2.24, 2.45) is 0 Å². The summed E-state index contributed by atoms with van der Waals surface area (Å²) >= 11 is 1.54. The maximum atomic E-state index is 13.3. The molecule has 18 heteroatoms. The molecule has 17 nitrogen and oxygen atoms in total. The van der Waals surface area contributed by atoms with Gasteiger partial charge in [0.05, 0.1) is 42.8 Å². The van der Waals surface area contributed by atoms with Gasteiger partial charge in [0, 0.05) is 34.6 Å². The molecular weight excluding hydrogens is 803 g/mol. The third-order valence-electron chi connectivity index (χ3n) is 8.98. The lowest BCUT2D eigenvalue weighted by molar-refractivity contribution is -0.130. The van der Waals surface area contributed by atoms with Gasteiger partial charge in [-0.1, -0.05) is 42.5 Å². The number of rotatable bonds is 19. The summed E-state index contributed by atoms with van der Waals surface area (Å²) in [5.74, 6) is -1.31. The number of benzene rings is 2. The van der Waals surface area contributed by atoms with E-state index < -0.39 is 60.1 Å². The molecule has 8 N–H and O–H groups in total. The second kappa shape index (κ2) is 20.4. The molecular formula is C43H55N9O8S. The maximum Gasteiger partial charge on any atom is 0.408 e. The summed E-state index contributed by atoms with van der Waals surface area (Å²) in [6.45, 7) is 10.6. The van der Waals surface area contributed by atoms with Crippen LogP contribution in [0.15, 0.2) is 60.7 Å². The quantitative estimate of drug-likeness (QED) is 0.0636. The molecule has 1 atom stereocenters. The molecule has 3 heterocycles. The molecule has 61 heavy (non-hydrogen) atoms. The number of fused-ring (bicyclic) bond motifs is 3. The van der Waals surface area contributed by atoms with E-state index in [0.29, 0.717) is 42.2 Å². The predicted molar refractivity (Wildman–Crippen MR) is 232 cm³/mol. The van der Waals surface area contributed by atoms with Gasteiger partial charge >= 0.3 is 6.09 Å². The van der Waals surface area contributed by atoms with Crippen LogP contribution in [-0.4, -0.2) is 92.8 Å². The first-order chi connectivity index (χ1) is 28.9. The Balaban J connectivity index is 1.14. The molecule has 0 radical (unpaired) electrons. The van der Waals surface area contributed by atoms with Gasteiger partial charge in [-0.3, -0.25) is 19.2 Å². The number of nitrogens with one attached hydrogen (secondary N) is 5. The number of nitrogen functional groups attached to an aromatic ring is 1. The first-order valence-corrected chi connectivity index (χ1v) is 20.7. The summed E-state index contributed by atoms with van der Waals surface area (Å²) in [6.07, 6.45) is -0.0223. The van der Waals surface area contributed by atoms with Crippen molar-refractivity contribution in [2.45, 2.75) is 91.3 Å². The van der Waals surface area contributed by atoms with Crippen molar-refractivity contribution in [1.29, 1.82) is 0 Å². The van der Waals surface area contributed by atoms with Crippen LogP contribution in [0, 0.1) is 0 Å². The molecule has 5 aromatic rings. The number of anilines is 1. The van der Waals surface area contributed by atoms with Crippen LogP contribution >= 0.6 is 11.3 Å². The van der Waals surface area contributed by atoms with Crippen LogP contribution in [0.25, 0.3) is 21.9 Å². The summed E-state index contributed by atoms with van der Waals surface area (Å²) in [6, 6.07) is 18.0. The third-order valence-corrected chi connectivity index (χ3v) is 10.1. The Morgan fingerprint density at radius 3 is 2.23 bits per heavy atom. The zero-order valence-electron chi connectivity index (χ0n) is 35.3. The molecule has 0 fully saturated rings.